The van der Waals surface area contributed by atoms with E-state index in [2.05, 4.69) is 16.5 Å². The third kappa shape index (κ3) is 2.84. The molecule has 2 heterocycles. The second-order valence-electron chi connectivity index (χ2n) is 4.23. The molecule has 0 aliphatic carbocycles. The van der Waals surface area contributed by atoms with Gasteiger partial charge in [-0.25, -0.2) is 0 Å². The van der Waals surface area contributed by atoms with E-state index in [1.807, 2.05) is 25.1 Å². The first-order chi connectivity index (χ1) is 9.11. The quantitative estimate of drug-likeness (QED) is 0.851. The number of hydrogen-bond acceptors (Lipinski definition) is 4. The van der Waals surface area contributed by atoms with Gasteiger partial charge in [-0.1, -0.05) is 6.58 Å². The smallest absolute Gasteiger partial charge is 0.113 e. The van der Waals surface area contributed by atoms with Crippen molar-refractivity contribution in [2.24, 2.45) is 0 Å². The highest BCUT2D eigenvalue weighted by molar-refractivity contribution is 5.56. The van der Waals surface area contributed by atoms with Crippen LogP contribution >= 0.6 is 0 Å². The number of nitrogens with zero attached hydrogens (tertiary/aromatic N) is 3. The number of aromatic nitrogens is 2. The number of aliphatic hydroxyl groups is 1. The summed E-state index contributed by atoms with van der Waals surface area (Å²) in [5, 5.41) is 18.7. The summed E-state index contributed by atoms with van der Waals surface area (Å²) in [5.41, 5.74) is 3.16. The number of hydrogen-bond donors (Lipinski definition) is 1. The van der Waals surface area contributed by atoms with Crippen LogP contribution in [0.2, 0.25) is 0 Å². The molecule has 0 radical (unpaired) electrons. The van der Waals surface area contributed by atoms with E-state index in [4.69, 9.17) is 5.26 Å². The summed E-state index contributed by atoms with van der Waals surface area (Å²) in [6.45, 7) is 5.49. The minimum absolute atomic E-state index is 0.106. The molecule has 0 aliphatic rings. The molecule has 1 atom stereocenters. The van der Waals surface area contributed by atoms with Crippen LogP contribution in [0.5, 0.6) is 0 Å². The summed E-state index contributed by atoms with van der Waals surface area (Å²) in [7, 11) is 0. The number of rotatable bonds is 3. The summed E-state index contributed by atoms with van der Waals surface area (Å²) in [6.07, 6.45) is 2.29. The maximum absolute atomic E-state index is 9.94. The van der Waals surface area contributed by atoms with Crippen molar-refractivity contribution in [3.63, 3.8) is 0 Å². The van der Waals surface area contributed by atoms with E-state index in [0.717, 1.165) is 11.3 Å². The van der Waals surface area contributed by atoms with Crippen LogP contribution in [0.1, 0.15) is 17.2 Å². The molecule has 19 heavy (non-hydrogen) atoms. The van der Waals surface area contributed by atoms with Crippen LogP contribution in [0.4, 0.5) is 0 Å². The van der Waals surface area contributed by atoms with Crippen molar-refractivity contribution in [1.29, 1.82) is 5.26 Å². The predicted octanol–water partition coefficient (Wildman–Crippen LogP) is 2.57. The highest BCUT2D eigenvalue weighted by Gasteiger charge is 2.12. The Bertz CT molecular complexity index is 658. The molecule has 0 spiro atoms. The van der Waals surface area contributed by atoms with Gasteiger partial charge in [0.15, 0.2) is 0 Å². The fourth-order valence-corrected chi connectivity index (χ4v) is 1.70. The normalized spacial score (nSPS) is 11.6. The molecule has 0 aromatic carbocycles. The molecule has 0 saturated carbocycles. The summed E-state index contributed by atoms with van der Waals surface area (Å²) in [4.78, 5) is 8.48. The number of pyridine rings is 2. The number of aliphatic hydroxyl groups excluding tert-OH is 1. The molecule has 2 rings (SSSR count). The molecule has 0 fully saturated rings. The maximum Gasteiger partial charge on any atom is 0.113 e. The maximum atomic E-state index is 9.94. The van der Waals surface area contributed by atoms with E-state index >= 15 is 0 Å². The molecule has 2 aromatic heterocycles. The van der Waals surface area contributed by atoms with Crippen LogP contribution in [-0.4, -0.2) is 15.1 Å². The van der Waals surface area contributed by atoms with Crippen molar-refractivity contribution in [2.75, 3.05) is 0 Å². The van der Waals surface area contributed by atoms with E-state index in [-0.39, 0.29) is 5.57 Å². The van der Waals surface area contributed by atoms with Gasteiger partial charge in [0, 0.05) is 12.4 Å². The van der Waals surface area contributed by atoms with Crippen molar-refractivity contribution >= 4 is 0 Å². The predicted molar refractivity (Wildman–Crippen MR) is 71.9 cm³/mol. The summed E-state index contributed by atoms with van der Waals surface area (Å²) < 4.78 is 0. The molecular formula is C15H13N3O. The van der Waals surface area contributed by atoms with Gasteiger partial charge >= 0.3 is 0 Å². The van der Waals surface area contributed by atoms with Crippen LogP contribution < -0.4 is 0 Å². The van der Waals surface area contributed by atoms with Gasteiger partial charge in [-0.3, -0.25) is 9.97 Å². The lowest BCUT2D eigenvalue weighted by Gasteiger charge is -2.10. The van der Waals surface area contributed by atoms with Crippen LogP contribution in [0.15, 0.2) is 48.8 Å². The highest BCUT2D eigenvalue weighted by Crippen LogP contribution is 2.23. The molecule has 0 amide bonds. The van der Waals surface area contributed by atoms with E-state index in [1.54, 1.807) is 24.5 Å². The van der Waals surface area contributed by atoms with Crippen molar-refractivity contribution < 1.29 is 5.11 Å². The highest BCUT2D eigenvalue weighted by atomic mass is 16.3. The SMILES string of the molecule is C=C(C#N)C(O)c1ccnc(-c2cc(C)ccn2)c1. The van der Waals surface area contributed by atoms with Crippen molar-refractivity contribution in [1.82, 2.24) is 9.97 Å². The van der Waals surface area contributed by atoms with Gasteiger partial charge in [-0.15, -0.1) is 0 Å². The minimum Gasteiger partial charge on any atom is -0.383 e. The second kappa shape index (κ2) is 5.42. The molecule has 2 aromatic rings. The molecule has 4 nitrogen and oxygen atoms in total. The Hall–Kier alpha value is -2.51. The first-order valence-corrected chi connectivity index (χ1v) is 5.78. The Morgan fingerprint density at radius 3 is 2.53 bits per heavy atom. The fraction of sp³-hybridized carbons (Fsp3) is 0.133. The Morgan fingerprint density at radius 1 is 1.26 bits per heavy atom. The van der Waals surface area contributed by atoms with Crippen molar-refractivity contribution in [3.05, 3.63) is 59.9 Å². The molecule has 0 bridgehead atoms. The summed E-state index contributed by atoms with van der Waals surface area (Å²) >= 11 is 0. The Balaban J connectivity index is 2.40. The standard InChI is InChI=1S/C15H13N3O/c1-10-3-5-17-13(7-10)14-8-12(4-6-18-14)15(19)11(2)9-16/h3-8,15,19H,2H2,1H3. The Labute approximate surface area is 111 Å². The zero-order valence-corrected chi connectivity index (χ0v) is 10.5. The molecular weight excluding hydrogens is 238 g/mol. The molecule has 1 unspecified atom stereocenters. The van der Waals surface area contributed by atoms with Gasteiger partial charge in [-0.2, -0.15) is 5.26 Å². The van der Waals surface area contributed by atoms with E-state index in [9.17, 15) is 5.11 Å². The van der Waals surface area contributed by atoms with Gasteiger partial charge in [0.1, 0.15) is 6.10 Å². The average molecular weight is 251 g/mol. The lowest BCUT2D eigenvalue weighted by atomic mass is 10.0. The Kier molecular flexibility index (Phi) is 3.69. The topological polar surface area (TPSA) is 69.8 Å². The monoisotopic (exact) mass is 251 g/mol. The van der Waals surface area contributed by atoms with Gasteiger partial charge in [0.05, 0.1) is 23.0 Å². The van der Waals surface area contributed by atoms with E-state index in [0.29, 0.717) is 11.3 Å². The molecule has 0 saturated heterocycles. The van der Waals surface area contributed by atoms with Gasteiger partial charge < -0.3 is 5.11 Å². The Morgan fingerprint density at radius 2 is 1.89 bits per heavy atom. The van der Waals surface area contributed by atoms with Crippen LogP contribution in [0.3, 0.4) is 0 Å². The lowest BCUT2D eigenvalue weighted by Crippen LogP contribution is -2.00. The summed E-state index contributed by atoms with van der Waals surface area (Å²) in [6, 6.07) is 9.04. The molecule has 94 valence electrons. The van der Waals surface area contributed by atoms with Gasteiger partial charge in [0.25, 0.3) is 0 Å². The zero-order valence-electron chi connectivity index (χ0n) is 10.5. The second-order valence-corrected chi connectivity index (χ2v) is 4.23. The fourth-order valence-electron chi connectivity index (χ4n) is 1.70. The first-order valence-electron chi connectivity index (χ1n) is 5.78. The van der Waals surface area contributed by atoms with E-state index in [1.165, 1.54) is 0 Å². The molecule has 1 N–H and O–H groups in total. The summed E-state index contributed by atoms with van der Waals surface area (Å²) in [5.74, 6) is 0. The number of nitriles is 1. The van der Waals surface area contributed by atoms with Crippen LogP contribution in [0.25, 0.3) is 11.4 Å². The van der Waals surface area contributed by atoms with Gasteiger partial charge in [0.2, 0.25) is 0 Å². The van der Waals surface area contributed by atoms with Crippen molar-refractivity contribution in [2.45, 2.75) is 13.0 Å². The van der Waals surface area contributed by atoms with Gasteiger partial charge in [-0.05, 0) is 42.3 Å². The zero-order chi connectivity index (χ0) is 13.8. The minimum atomic E-state index is -1.00. The van der Waals surface area contributed by atoms with Crippen molar-refractivity contribution in [3.8, 4) is 17.5 Å². The van der Waals surface area contributed by atoms with Crippen LogP contribution in [-0.2, 0) is 0 Å². The average Bonchev–Trinajstić information content (AvgIpc) is 2.46. The third-order valence-corrected chi connectivity index (χ3v) is 2.75. The molecule has 0 aliphatic heterocycles. The lowest BCUT2D eigenvalue weighted by molar-refractivity contribution is 0.221. The first kappa shape index (κ1) is 12.9. The third-order valence-electron chi connectivity index (χ3n) is 2.75. The largest absolute Gasteiger partial charge is 0.383 e. The molecule has 4 heteroatoms. The number of aryl methyl sites for hydroxylation is 1. The van der Waals surface area contributed by atoms with Crippen LogP contribution in [0, 0.1) is 18.3 Å². The van der Waals surface area contributed by atoms with E-state index < -0.39 is 6.10 Å².